The number of esters is 1. The van der Waals surface area contributed by atoms with Crippen LogP contribution in [-0.4, -0.2) is 49.6 Å². The topological polar surface area (TPSA) is 29.5 Å². The van der Waals surface area contributed by atoms with Crippen molar-refractivity contribution in [1.29, 1.82) is 0 Å². The first-order valence-corrected chi connectivity index (χ1v) is 6.11. The molecule has 0 aliphatic heterocycles. The molecule has 14 heavy (non-hydrogen) atoms. The summed E-state index contributed by atoms with van der Waals surface area (Å²) in [7, 11) is 3.47. The highest BCUT2D eigenvalue weighted by Gasteiger charge is 2.14. The van der Waals surface area contributed by atoms with Gasteiger partial charge in [-0.3, -0.25) is 4.79 Å². The molecule has 0 aliphatic rings. The van der Waals surface area contributed by atoms with Crippen LogP contribution in [0, 0.1) is 5.92 Å². The third kappa shape index (κ3) is 6.27. The van der Waals surface area contributed by atoms with Crippen molar-refractivity contribution < 1.29 is 9.53 Å². The first kappa shape index (κ1) is 13.8. The van der Waals surface area contributed by atoms with E-state index >= 15 is 0 Å². The zero-order chi connectivity index (χ0) is 11.0. The van der Waals surface area contributed by atoms with Crippen molar-refractivity contribution in [2.75, 3.05) is 38.8 Å². The van der Waals surface area contributed by atoms with E-state index in [9.17, 15) is 4.79 Å². The van der Waals surface area contributed by atoms with E-state index in [4.69, 9.17) is 0 Å². The van der Waals surface area contributed by atoms with Crippen LogP contribution < -0.4 is 0 Å². The highest BCUT2D eigenvalue weighted by molar-refractivity contribution is 7.99. The van der Waals surface area contributed by atoms with E-state index in [0.717, 1.165) is 24.6 Å². The van der Waals surface area contributed by atoms with Gasteiger partial charge < -0.3 is 9.64 Å². The Hall–Kier alpha value is -0.220. The number of carbonyl (C=O) groups is 1. The zero-order valence-electron chi connectivity index (χ0n) is 9.58. The minimum atomic E-state index is -0.125. The Kier molecular flexibility index (Phi) is 7.99. The van der Waals surface area contributed by atoms with Crippen molar-refractivity contribution in [2.24, 2.45) is 5.92 Å². The Morgan fingerprint density at radius 1 is 1.57 bits per heavy atom. The van der Waals surface area contributed by atoms with Gasteiger partial charge in [0.15, 0.2) is 0 Å². The molecule has 84 valence electrons. The lowest BCUT2D eigenvalue weighted by Crippen LogP contribution is -2.30. The number of nitrogens with zero attached hydrogens (tertiary/aromatic N) is 1. The largest absolute Gasteiger partial charge is 0.469 e. The molecule has 0 aromatic heterocycles. The third-order valence-corrected chi connectivity index (χ3v) is 2.89. The molecule has 0 rings (SSSR count). The predicted molar refractivity (Wildman–Crippen MR) is 61.7 cm³/mol. The van der Waals surface area contributed by atoms with Crippen molar-refractivity contribution in [3.05, 3.63) is 0 Å². The Bertz CT molecular complexity index is 164. The highest BCUT2D eigenvalue weighted by atomic mass is 32.2. The molecule has 0 aromatic carbocycles. The minimum Gasteiger partial charge on any atom is -0.469 e. The predicted octanol–water partition coefficient (Wildman–Crippen LogP) is 1.48. The van der Waals surface area contributed by atoms with Gasteiger partial charge in [0.25, 0.3) is 0 Å². The molecule has 0 spiro atoms. The maximum atomic E-state index is 11.1. The average molecular weight is 219 g/mol. The summed E-state index contributed by atoms with van der Waals surface area (Å²) in [6.07, 6.45) is 0. The molecule has 0 heterocycles. The van der Waals surface area contributed by atoms with Crippen LogP contribution >= 0.6 is 11.8 Å². The van der Waals surface area contributed by atoms with Crippen molar-refractivity contribution in [3.63, 3.8) is 0 Å². The molecule has 3 nitrogen and oxygen atoms in total. The maximum Gasteiger partial charge on any atom is 0.309 e. The van der Waals surface area contributed by atoms with Crippen LogP contribution in [0.4, 0.5) is 0 Å². The van der Waals surface area contributed by atoms with Crippen LogP contribution in [0.1, 0.15) is 13.8 Å². The van der Waals surface area contributed by atoms with Gasteiger partial charge in [-0.25, -0.2) is 0 Å². The van der Waals surface area contributed by atoms with Crippen LogP contribution in [0.3, 0.4) is 0 Å². The first-order chi connectivity index (χ1) is 6.61. The van der Waals surface area contributed by atoms with E-state index in [1.54, 1.807) is 0 Å². The number of rotatable bonds is 7. The minimum absolute atomic E-state index is 0.0309. The molecular formula is C10H21NO2S. The number of hydrogen-bond acceptors (Lipinski definition) is 4. The summed E-state index contributed by atoms with van der Waals surface area (Å²) in [5.74, 6) is 2.12. The fraction of sp³-hybridized carbons (Fsp3) is 0.900. The fourth-order valence-corrected chi connectivity index (χ4v) is 1.93. The monoisotopic (exact) mass is 219 g/mol. The second-order valence-corrected chi connectivity index (χ2v) is 4.78. The van der Waals surface area contributed by atoms with E-state index in [0.29, 0.717) is 0 Å². The molecule has 0 bridgehead atoms. The van der Waals surface area contributed by atoms with Crippen LogP contribution in [0.25, 0.3) is 0 Å². The molecule has 0 saturated carbocycles. The van der Waals surface area contributed by atoms with Crippen molar-refractivity contribution in [3.8, 4) is 0 Å². The van der Waals surface area contributed by atoms with Crippen LogP contribution in [0.15, 0.2) is 0 Å². The van der Waals surface area contributed by atoms with Gasteiger partial charge in [0.1, 0.15) is 0 Å². The second kappa shape index (κ2) is 8.12. The van der Waals surface area contributed by atoms with Gasteiger partial charge in [-0.1, -0.05) is 13.8 Å². The van der Waals surface area contributed by atoms with E-state index in [2.05, 4.69) is 16.6 Å². The third-order valence-electron chi connectivity index (χ3n) is 2.01. The lowest BCUT2D eigenvalue weighted by molar-refractivity contribution is -0.145. The highest BCUT2D eigenvalue weighted by Crippen LogP contribution is 2.03. The molecule has 0 saturated heterocycles. The summed E-state index contributed by atoms with van der Waals surface area (Å²) in [4.78, 5) is 13.3. The number of methoxy groups -OCH3 is 1. The molecule has 0 N–H and O–H groups in total. The summed E-state index contributed by atoms with van der Waals surface area (Å²) in [5.41, 5.74) is 0. The molecule has 0 amide bonds. The number of ether oxygens (including phenoxy) is 1. The lowest BCUT2D eigenvalue weighted by Gasteiger charge is -2.19. The quantitative estimate of drug-likeness (QED) is 0.479. The van der Waals surface area contributed by atoms with Gasteiger partial charge in [0.2, 0.25) is 0 Å². The molecule has 0 radical (unpaired) electrons. The van der Waals surface area contributed by atoms with E-state index in [1.807, 2.05) is 25.7 Å². The first-order valence-electron chi connectivity index (χ1n) is 4.95. The van der Waals surface area contributed by atoms with Gasteiger partial charge >= 0.3 is 5.97 Å². The van der Waals surface area contributed by atoms with Gasteiger partial charge in [-0.05, 0) is 12.8 Å². The van der Waals surface area contributed by atoms with Crippen molar-refractivity contribution in [2.45, 2.75) is 13.8 Å². The normalized spacial score (nSPS) is 12.9. The van der Waals surface area contributed by atoms with Gasteiger partial charge in [-0.2, -0.15) is 11.8 Å². The summed E-state index contributed by atoms with van der Waals surface area (Å²) < 4.78 is 4.67. The van der Waals surface area contributed by atoms with Crippen molar-refractivity contribution >= 4 is 17.7 Å². The Balaban J connectivity index is 3.59. The van der Waals surface area contributed by atoms with Gasteiger partial charge in [0, 0.05) is 18.8 Å². The molecule has 0 fully saturated rings. The SMILES string of the molecule is CCSCCN(C)CC(C)C(=O)OC. The molecule has 1 atom stereocenters. The van der Waals surface area contributed by atoms with Gasteiger partial charge in [0.05, 0.1) is 13.0 Å². The lowest BCUT2D eigenvalue weighted by atomic mass is 10.2. The maximum absolute atomic E-state index is 11.1. The Morgan fingerprint density at radius 2 is 2.21 bits per heavy atom. The Labute approximate surface area is 91.2 Å². The average Bonchev–Trinajstić information content (AvgIpc) is 2.16. The summed E-state index contributed by atoms with van der Waals surface area (Å²) in [6.45, 7) is 5.85. The number of carbonyl (C=O) groups excluding carboxylic acids is 1. The van der Waals surface area contributed by atoms with E-state index < -0.39 is 0 Å². The zero-order valence-corrected chi connectivity index (χ0v) is 10.4. The smallest absolute Gasteiger partial charge is 0.309 e. The van der Waals surface area contributed by atoms with Crippen LogP contribution in [0.2, 0.25) is 0 Å². The standard InChI is InChI=1S/C10H21NO2S/c1-5-14-7-6-11(3)8-9(2)10(12)13-4/h9H,5-8H2,1-4H3. The van der Waals surface area contributed by atoms with E-state index in [-0.39, 0.29) is 11.9 Å². The van der Waals surface area contributed by atoms with Crippen LogP contribution in [0.5, 0.6) is 0 Å². The summed E-state index contributed by atoms with van der Waals surface area (Å²) >= 11 is 1.92. The Morgan fingerprint density at radius 3 is 2.71 bits per heavy atom. The fourth-order valence-electron chi connectivity index (χ4n) is 1.20. The summed E-state index contributed by atoms with van der Waals surface area (Å²) in [5, 5.41) is 0. The molecule has 0 aliphatic carbocycles. The van der Waals surface area contributed by atoms with Gasteiger partial charge in [-0.15, -0.1) is 0 Å². The molecule has 4 heteroatoms. The second-order valence-electron chi connectivity index (χ2n) is 3.38. The van der Waals surface area contributed by atoms with Crippen molar-refractivity contribution in [1.82, 2.24) is 4.90 Å². The summed E-state index contributed by atoms with van der Waals surface area (Å²) in [6, 6.07) is 0. The van der Waals surface area contributed by atoms with E-state index in [1.165, 1.54) is 7.11 Å². The number of hydrogen-bond donors (Lipinski definition) is 0. The van der Waals surface area contributed by atoms with Crippen LogP contribution in [-0.2, 0) is 9.53 Å². The molecule has 0 aromatic rings. The number of thioether (sulfide) groups is 1. The molecule has 1 unspecified atom stereocenters. The molecular weight excluding hydrogens is 198 g/mol.